The Balaban J connectivity index is 3.40. The van der Waals surface area contributed by atoms with Crippen LogP contribution in [0.15, 0.2) is 0 Å². The van der Waals surface area contributed by atoms with Gasteiger partial charge in [-0.2, -0.15) is 0 Å². The largest absolute Gasteiger partial charge is 0.479 e. The van der Waals surface area contributed by atoms with E-state index in [9.17, 15) is 9.59 Å². The number of carboxylic acids is 1. The van der Waals surface area contributed by atoms with E-state index in [1.54, 1.807) is 0 Å². The van der Waals surface area contributed by atoms with Crippen molar-refractivity contribution in [1.29, 1.82) is 0 Å². The fraction of sp³-hybridized carbons (Fsp3) is 0.833. The van der Waals surface area contributed by atoms with Gasteiger partial charge in [-0.05, 0) is 13.3 Å². The van der Waals surface area contributed by atoms with Gasteiger partial charge in [0, 0.05) is 6.42 Å². The quantitative estimate of drug-likeness (QED) is 0.488. The van der Waals surface area contributed by atoms with Crippen molar-refractivity contribution in [3.8, 4) is 0 Å². The van der Waals surface area contributed by atoms with Crippen molar-refractivity contribution in [1.82, 2.24) is 0 Å². The summed E-state index contributed by atoms with van der Waals surface area (Å²) < 4.78 is 4.70. The van der Waals surface area contributed by atoms with Crippen molar-refractivity contribution in [2.45, 2.75) is 64.9 Å². The van der Waals surface area contributed by atoms with Crippen LogP contribution in [0.4, 0.5) is 0 Å². The maximum atomic E-state index is 11.2. The van der Waals surface area contributed by atoms with E-state index in [1.807, 2.05) is 0 Å². The van der Waals surface area contributed by atoms with E-state index < -0.39 is 18.0 Å². The zero-order valence-electron chi connectivity index (χ0n) is 10.2. The van der Waals surface area contributed by atoms with Gasteiger partial charge in [-0.15, -0.1) is 0 Å². The predicted molar refractivity (Wildman–Crippen MR) is 61.2 cm³/mol. The molecule has 0 aliphatic carbocycles. The van der Waals surface area contributed by atoms with Crippen LogP contribution < -0.4 is 0 Å². The molecule has 16 heavy (non-hydrogen) atoms. The molecule has 0 spiro atoms. The van der Waals surface area contributed by atoms with Gasteiger partial charge in [0.1, 0.15) is 0 Å². The number of carboxylic acid groups (broad SMARTS) is 1. The van der Waals surface area contributed by atoms with Gasteiger partial charge in [-0.3, -0.25) is 4.79 Å². The molecule has 1 atom stereocenters. The molecule has 1 unspecified atom stereocenters. The molecule has 0 saturated heterocycles. The van der Waals surface area contributed by atoms with Crippen LogP contribution in [-0.2, 0) is 14.3 Å². The molecule has 0 aromatic heterocycles. The van der Waals surface area contributed by atoms with Crippen LogP contribution in [0.1, 0.15) is 58.8 Å². The molecular formula is C12H22O4. The average molecular weight is 230 g/mol. The van der Waals surface area contributed by atoms with Crippen molar-refractivity contribution >= 4 is 11.9 Å². The summed E-state index contributed by atoms with van der Waals surface area (Å²) in [4.78, 5) is 21.6. The Bertz CT molecular complexity index is 213. The van der Waals surface area contributed by atoms with E-state index >= 15 is 0 Å². The van der Waals surface area contributed by atoms with Gasteiger partial charge in [-0.25, -0.2) is 4.79 Å². The van der Waals surface area contributed by atoms with E-state index in [2.05, 4.69) is 6.92 Å². The number of hydrogen-bond acceptors (Lipinski definition) is 3. The molecular weight excluding hydrogens is 208 g/mol. The molecule has 0 bridgehead atoms. The van der Waals surface area contributed by atoms with Crippen molar-refractivity contribution in [3.63, 3.8) is 0 Å². The third-order valence-electron chi connectivity index (χ3n) is 2.39. The second-order valence-electron chi connectivity index (χ2n) is 3.99. The highest BCUT2D eigenvalue weighted by molar-refractivity contribution is 5.77. The Labute approximate surface area is 97.0 Å². The van der Waals surface area contributed by atoms with Crippen molar-refractivity contribution in [2.24, 2.45) is 0 Å². The summed E-state index contributed by atoms with van der Waals surface area (Å²) in [6.07, 6.45) is 5.87. The Morgan fingerprint density at radius 2 is 1.69 bits per heavy atom. The van der Waals surface area contributed by atoms with E-state index in [0.29, 0.717) is 6.42 Å². The minimum absolute atomic E-state index is 0.323. The summed E-state index contributed by atoms with van der Waals surface area (Å²) >= 11 is 0. The minimum atomic E-state index is -1.10. The van der Waals surface area contributed by atoms with E-state index in [0.717, 1.165) is 19.3 Å². The van der Waals surface area contributed by atoms with Crippen LogP contribution in [0.3, 0.4) is 0 Å². The first kappa shape index (κ1) is 14.9. The molecule has 0 rings (SSSR count). The van der Waals surface area contributed by atoms with Crippen LogP contribution in [0.5, 0.6) is 0 Å². The number of carbonyl (C=O) groups excluding carboxylic acids is 1. The van der Waals surface area contributed by atoms with Crippen molar-refractivity contribution in [2.75, 3.05) is 0 Å². The molecule has 0 fully saturated rings. The molecule has 0 aromatic rings. The predicted octanol–water partition coefficient (Wildman–Crippen LogP) is 2.75. The zero-order chi connectivity index (χ0) is 12.4. The van der Waals surface area contributed by atoms with Gasteiger partial charge in [0.05, 0.1) is 0 Å². The molecule has 0 aliphatic heterocycles. The van der Waals surface area contributed by atoms with Gasteiger partial charge in [0.15, 0.2) is 6.10 Å². The van der Waals surface area contributed by atoms with Gasteiger partial charge in [0.2, 0.25) is 0 Å². The lowest BCUT2D eigenvalue weighted by atomic mass is 10.1. The second-order valence-corrected chi connectivity index (χ2v) is 3.99. The van der Waals surface area contributed by atoms with Gasteiger partial charge in [-0.1, -0.05) is 39.0 Å². The lowest BCUT2D eigenvalue weighted by Gasteiger charge is -2.08. The summed E-state index contributed by atoms with van der Waals surface area (Å²) in [7, 11) is 0. The zero-order valence-corrected chi connectivity index (χ0v) is 10.2. The Hall–Kier alpha value is -1.06. The maximum absolute atomic E-state index is 11.2. The first-order valence-corrected chi connectivity index (χ1v) is 6.00. The molecule has 0 aromatic carbocycles. The van der Waals surface area contributed by atoms with Crippen molar-refractivity contribution in [3.05, 3.63) is 0 Å². The summed E-state index contributed by atoms with van der Waals surface area (Å²) in [6.45, 7) is 3.52. The fourth-order valence-corrected chi connectivity index (χ4v) is 1.36. The number of carbonyl (C=O) groups is 2. The van der Waals surface area contributed by atoms with Crippen LogP contribution >= 0.6 is 0 Å². The lowest BCUT2D eigenvalue weighted by Crippen LogP contribution is -2.23. The lowest BCUT2D eigenvalue weighted by molar-refractivity contribution is -0.162. The van der Waals surface area contributed by atoms with Crippen LogP contribution in [0.25, 0.3) is 0 Å². The van der Waals surface area contributed by atoms with Gasteiger partial charge in [0.25, 0.3) is 0 Å². The number of hydrogen-bond donors (Lipinski definition) is 1. The SMILES string of the molecule is CCCCCCCCC(=O)OC(C)C(=O)O. The summed E-state index contributed by atoms with van der Waals surface area (Å²) in [5.74, 6) is -1.51. The van der Waals surface area contributed by atoms with Crippen LogP contribution in [-0.4, -0.2) is 23.1 Å². The highest BCUT2D eigenvalue weighted by Gasteiger charge is 2.15. The van der Waals surface area contributed by atoms with E-state index in [-0.39, 0.29) is 0 Å². The number of ether oxygens (including phenoxy) is 1. The fourth-order valence-electron chi connectivity index (χ4n) is 1.36. The first-order chi connectivity index (χ1) is 7.57. The number of aliphatic carboxylic acids is 1. The Kier molecular flexibility index (Phi) is 8.58. The standard InChI is InChI=1S/C12H22O4/c1-3-4-5-6-7-8-9-11(13)16-10(2)12(14)15/h10H,3-9H2,1-2H3,(H,14,15). The summed E-state index contributed by atoms with van der Waals surface area (Å²) in [5.41, 5.74) is 0. The third kappa shape index (κ3) is 8.26. The Morgan fingerprint density at radius 3 is 2.25 bits per heavy atom. The van der Waals surface area contributed by atoms with Gasteiger partial charge >= 0.3 is 11.9 Å². The highest BCUT2D eigenvalue weighted by atomic mass is 16.6. The highest BCUT2D eigenvalue weighted by Crippen LogP contribution is 2.08. The first-order valence-electron chi connectivity index (χ1n) is 6.00. The Morgan fingerprint density at radius 1 is 1.12 bits per heavy atom. The topological polar surface area (TPSA) is 63.6 Å². The van der Waals surface area contributed by atoms with E-state index in [4.69, 9.17) is 9.84 Å². The molecule has 4 heteroatoms. The molecule has 0 radical (unpaired) electrons. The molecule has 0 amide bonds. The van der Waals surface area contributed by atoms with Crippen LogP contribution in [0, 0.1) is 0 Å². The molecule has 94 valence electrons. The third-order valence-corrected chi connectivity index (χ3v) is 2.39. The van der Waals surface area contributed by atoms with E-state index in [1.165, 1.54) is 26.2 Å². The number of rotatable bonds is 9. The second kappa shape index (κ2) is 9.19. The number of esters is 1. The summed E-state index contributed by atoms with van der Waals surface area (Å²) in [5, 5.41) is 8.52. The maximum Gasteiger partial charge on any atom is 0.344 e. The number of unbranched alkanes of at least 4 members (excludes halogenated alkanes) is 5. The normalized spacial score (nSPS) is 12.1. The smallest absolute Gasteiger partial charge is 0.344 e. The monoisotopic (exact) mass is 230 g/mol. The molecule has 0 saturated carbocycles. The molecule has 0 heterocycles. The molecule has 0 aliphatic rings. The summed E-state index contributed by atoms with van der Waals surface area (Å²) in [6, 6.07) is 0. The molecule has 1 N–H and O–H groups in total. The average Bonchev–Trinajstić information content (AvgIpc) is 2.23. The van der Waals surface area contributed by atoms with Crippen molar-refractivity contribution < 1.29 is 19.4 Å². The minimum Gasteiger partial charge on any atom is -0.479 e. The van der Waals surface area contributed by atoms with Crippen LogP contribution in [0.2, 0.25) is 0 Å². The van der Waals surface area contributed by atoms with Gasteiger partial charge < -0.3 is 9.84 Å². The molecule has 4 nitrogen and oxygen atoms in total.